The van der Waals surface area contributed by atoms with Crippen molar-refractivity contribution in [2.75, 3.05) is 20.1 Å². The number of aromatic nitrogens is 3. The maximum atomic E-state index is 13.8. The molecule has 12 heteroatoms. The Morgan fingerprint density at radius 3 is 2.71 bits per heavy atom. The third-order valence-electron chi connectivity index (χ3n) is 6.30. The lowest BCUT2D eigenvalue weighted by molar-refractivity contribution is -0.116. The van der Waals surface area contributed by atoms with Crippen LogP contribution in [0, 0.1) is 11.6 Å². The van der Waals surface area contributed by atoms with E-state index in [9.17, 15) is 18.4 Å². The first-order valence-corrected chi connectivity index (χ1v) is 11.2. The van der Waals surface area contributed by atoms with Crippen LogP contribution in [-0.2, 0) is 4.79 Å². The maximum absolute atomic E-state index is 13.8. The molecule has 9 nitrogen and oxygen atoms in total. The van der Waals surface area contributed by atoms with E-state index in [1.807, 2.05) is 6.92 Å². The first-order chi connectivity index (χ1) is 16.2. The molecule has 2 N–H and O–H groups in total. The second-order valence-electron chi connectivity index (χ2n) is 8.48. The molecular weight excluding hydrogens is 468 g/mol. The van der Waals surface area contributed by atoms with Crippen LogP contribution in [0.4, 0.5) is 8.78 Å². The van der Waals surface area contributed by atoms with Gasteiger partial charge in [0.2, 0.25) is 5.82 Å². The Balaban J connectivity index is 1.39. The number of hydrogen-bond acceptors (Lipinski definition) is 6. The predicted octanol–water partition coefficient (Wildman–Crippen LogP) is 1.60. The van der Waals surface area contributed by atoms with Crippen molar-refractivity contribution in [3.8, 4) is 0 Å². The van der Waals surface area contributed by atoms with E-state index in [-0.39, 0.29) is 40.8 Å². The van der Waals surface area contributed by atoms with Crippen LogP contribution >= 0.6 is 11.6 Å². The summed E-state index contributed by atoms with van der Waals surface area (Å²) < 4.78 is 28.9. The number of carbonyl (C=O) groups excluding carboxylic acids is 2. The van der Waals surface area contributed by atoms with E-state index in [0.717, 1.165) is 11.6 Å². The summed E-state index contributed by atoms with van der Waals surface area (Å²) in [6, 6.07) is 2.91. The molecule has 1 saturated heterocycles. The number of hydrogen-bond donors (Lipinski definition) is 2. The molecule has 3 atom stereocenters. The zero-order valence-corrected chi connectivity index (χ0v) is 19.2. The van der Waals surface area contributed by atoms with Crippen LogP contribution in [0.25, 0.3) is 11.4 Å². The van der Waals surface area contributed by atoms with Crippen molar-refractivity contribution < 1.29 is 18.4 Å². The van der Waals surface area contributed by atoms with Gasteiger partial charge in [-0.2, -0.15) is 0 Å². The average Bonchev–Trinajstić information content (AvgIpc) is 3.39. The highest BCUT2D eigenvalue weighted by atomic mass is 35.5. The fourth-order valence-corrected chi connectivity index (χ4v) is 4.94. The van der Waals surface area contributed by atoms with Gasteiger partial charge in [0.25, 0.3) is 11.8 Å². The second-order valence-corrected chi connectivity index (χ2v) is 9.04. The number of hydrazine groups is 1. The molecule has 0 spiro atoms. The van der Waals surface area contributed by atoms with Crippen LogP contribution in [0.3, 0.4) is 0 Å². The summed E-state index contributed by atoms with van der Waals surface area (Å²) in [7, 11) is 1.78. The van der Waals surface area contributed by atoms with Crippen LogP contribution in [-0.4, -0.2) is 74.1 Å². The number of alkyl halides is 1. The normalized spacial score (nSPS) is 24.8. The zero-order valence-electron chi connectivity index (χ0n) is 18.4. The zero-order chi connectivity index (χ0) is 24.1. The molecule has 1 aromatic heterocycles. The summed E-state index contributed by atoms with van der Waals surface area (Å²) in [4.78, 5) is 31.1. The van der Waals surface area contributed by atoms with E-state index >= 15 is 0 Å². The average molecular weight is 490 g/mol. The highest BCUT2D eigenvalue weighted by Gasteiger charge is 2.42. The Morgan fingerprint density at radius 2 is 1.97 bits per heavy atom. The van der Waals surface area contributed by atoms with Gasteiger partial charge in [0.1, 0.15) is 23.7 Å². The van der Waals surface area contributed by atoms with Crippen molar-refractivity contribution in [2.45, 2.75) is 30.8 Å². The molecule has 2 aromatic rings. The first kappa shape index (κ1) is 22.5. The minimum Gasteiger partial charge on any atom is -0.349 e. The lowest BCUT2D eigenvalue weighted by Crippen LogP contribution is -2.55. The number of amides is 2. The van der Waals surface area contributed by atoms with Gasteiger partial charge in [-0.3, -0.25) is 9.59 Å². The fourth-order valence-electron chi connectivity index (χ4n) is 4.74. The molecule has 178 valence electrons. The lowest BCUT2D eigenvalue weighted by Gasteiger charge is -2.38. The van der Waals surface area contributed by atoms with E-state index < -0.39 is 11.6 Å². The highest BCUT2D eigenvalue weighted by Crippen LogP contribution is 2.36. The lowest BCUT2D eigenvalue weighted by atomic mass is 9.90. The Bertz CT molecular complexity index is 1220. The molecule has 1 fully saturated rings. The number of halogens is 3. The number of fused-ring (bicyclic) bond motifs is 1. The third-order valence-corrected chi connectivity index (χ3v) is 6.58. The second kappa shape index (κ2) is 8.48. The van der Waals surface area contributed by atoms with Crippen LogP contribution in [0.5, 0.6) is 0 Å². The van der Waals surface area contributed by atoms with Crippen molar-refractivity contribution in [2.24, 2.45) is 0 Å². The largest absolute Gasteiger partial charge is 0.349 e. The Hall–Kier alpha value is -3.31. The van der Waals surface area contributed by atoms with Gasteiger partial charge in [-0.05, 0) is 37.1 Å². The van der Waals surface area contributed by atoms with Crippen molar-refractivity contribution in [1.82, 2.24) is 35.4 Å². The minimum absolute atomic E-state index is 0.0385. The van der Waals surface area contributed by atoms with Crippen molar-refractivity contribution in [1.29, 1.82) is 0 Å². The Morgan fingerprint density at radius 1 is 1.24 bits per heavy atom. The van der Waals surface area contributed by atoms with Gasteiger partial charge in [0.15, 0.2) is 0 Å². The number of nitrogens with zero attached hydrogens (tertiary/aromatic N) is 5. The minimum atomic E-state index is -0.649. The van der Waals surface area contributed by atoms with Gasteiger partial charge in [0, 0.05) is 31.8 Å². The van der Waals surface area contributed by atoms with Crippen LogP contribution in [0.15, 0.2) is 36.2 Å². The van der Waals surface area contributed by atoms with Gasteiger partial charge < -0.3 is 15.2 Å². The summed E-state index contributed by atoms with van der Waals surface area (Å²) in [5, 5.41) is 8.22. The van der Waals surface area contributed by atoms with Gasteiger partial charge in [-0.1, -0.05) is 0 Å². The number of piperidine rings is 1. The molecule has 0 aliphatic carbocycles. The van der Waals surface area contributed by atoms with Crippen molar-refractivity contribution >= 4 is 34.8 Å². The quantitative estimate of drug-likeness (QED) is 0.636. The summed E-state index contributed by atoms with van der Waals surface area (Å²) >= 11 is 6.09. The third kappa shape index (κ3) is 3.84. The number of rotatable bonds is 3. The van der Waals surface area contributed by atoms with E-state index in [2.05, 4.69) is 20.8 Å². The summed E-state index contributed by atoms with van der Waals surface area (Å²) in [6.45, 7) is 2.59. The van der Waals surface area contributed by atoms with E-state index in [4.69, 9.17) is 11.6 Å². The molecular formula is C22H22ClF2N7O2. The van der Waals surface area contributed by atoms with Crippen LogP contribution in [0.2, 0.25) is 0 Å². The SMILES string of the molecule is C[C@H]1C2NN(C)C(c3cc(F)cc(F)c3)=C2CCN1C(=O)c1ncn(C2=CC(Cl)CNC2=O)n1. The van der Waals surface area contributed by atoms with E-state index in [1.54, 1.807) is 23.0 Å². The van der Waals surface area contributed by atoms with Crippen LogP contribution < -0.4 is 10.7 Å². The van der Waals surface area contributed by atoms with Crippen molar-refractivity contribution in [3.63, 3.8) is 0 Å². The smallest absolute Gasteiger partial charge is 0.293 e. The summed E-state index contributed by atoms with van der Waals surface area (Å²) in [6.07, 6.45) is 3.39. The van der Waals surface area contributed by atoms with Crippen LogP contribution in [0.1, 0.15) is 29.5 Å². The Labute approximate surface area is 199 Å². The maximum Gasteiger partial charge on any atom is 0.293 e. The van der Waals surface area contributed by atoms with Gasteiger partial charge >= 0.3 is 0 Å². The fraction of sp³-hybridized carbons (Fsp3) is 0.364. The number of likely N-dealkylation sites (tertiary alicyclic amines) is 1. The number of benzene rings is 1. The molecule has 2 amide bonds. The molecule has 34 heavy (non-hydrogen) atoms. The molecule has 1 aromatic carbocycles. The van der Waals surface area contributed by atoms with E-state index in [0.29, 0.717) is 30.8 Å². The summed E-state index contributed by atoms with van der Waals surface area (Å²) in [5.41, 5.74) is 5.62. The standard InChI is InChI=1S/C22H22ClF2N7O2/c1-11-18-16(19(30(2)28-18)12-5-14(24)8-15(25)6-12)3-4-31(11)22(34)20-27-10-32(29-20)17-7-13(23)9-26-21(17)33/h5-8,10-11,13,18,28H,3-4,9H2,1-2H3,(H,26,33)/t11-,13?,18?/m0/s1. The number of nitrogens with one attached hydrogen (secondary N) is 2. The monoisotopic (exact) mass is 489 g/mol. The van der Waals surface area contributed by atoms with Gasteiger partial charge in [-0.25, -0.2) is 23.9 Å². The summed E-state index contributed by atoms with van der Waals surface area (Å²) in [5.74, 6) is -2.06. The molecule has 2 unspecified atom stereocenters. The van der Waals surface area contributed by atoms with Crippen molar-refractivity contribution in [3.05, 3.63) is 59.2 Å². The molecule has 3 aliphatic heterocycles. The Kier molecular flexibility index (Phi) is 5.61. The van der Waals surface area contributed by atoms with Gasteiger partial charge in [-0.15, -0.1) is 16.7 Å². The molecule has 0 saturated carbocycles. The van der Waals surface area contributed by atoms with Gasteiger partial charge in [0.05, 0.1) is 23.2 Å². The van der Waals surface area contributed by atoms with E-state index in [1.165, 1.54) is 23.1 Å². The molecule has 3 aliphatic rings. The molecule has 4 heterocycles. The predicted molar refractivity (Wildman–Crippen MR) is 120 cm³/mol. The molecule has 5 rings (SSSR count). The molecule has 0 radical (unpaired) electrons. The molecule has 0 bridgehead atoms. The topological polar surface area (TPSA) is 95.4 Å². The number of carbonyl (C=O) groups is 2. The first-order valence-electron chi connectivity index (χ1n) is 10.8. The highest BCUT2D eigenvalue weighted by molar-refractivity contribution is 6.25.